The van der Waals surface area contributed by atoms with E-state index in [1.54, 1.807) is 38.1 Å². The lowest BCUT2D eigenvalue weighted by Gasteiger charge is -2.37. The summed E-state index contributed by atoms with van der Waals surface area (Å²) in [5, 5.41) is 10.3. The molecule has 2 aliphatic carbocycles. The Hall–Kier alpha value is -2.33. The van der Waals surface area contributed by atoms with Crippen molar-refractivity contribution in [3.05, 3.63) is 59.7 Å². The second-order valence-corrected chi connectivity index (χ2v) is 12.3. The van der Waals surface area contributed by atoms with Gasteiger partial charge in [-0.05, 0) is 132 Å². The van der Waals surface area contributed by atoms with Crippen molar-refractivity contribution in [1.82, 2.24) is 0 Å². The number of hydrogen-bond donors (Lipinski definition) is 1. The van der Waals surface area contributed by atoms with Gasteiger partial charge in [0.1, 0.15) is 17.1 Å². The third kappa shape index (κ3) is 6.51. The number of rotatable bonds is 7. The Kier molecular flexibility index (Phi) is 8.14. The predicted molar refractivity (Wildman–Crippen MR) is 145 cm³/mol. The van der Waals surface area contributed by atoms with Gasteiger partial charge >= 0.3 is 5.97 Å². The van der Waals surface area contributed by atoms with Gasteiger partial charge in [-0.1, -0.05) is 31.9 Å². The van der Waals surface area contributed by atoms with Gasteiger partial charge in [0.15, 0.2) is 0 Å². The molecule has 0 atom stereocenters. The summed E-state index contributed by atoms with van der Waals surface area (Å²) in [4.78, 5) is 12.7. The zero-order chi connectivity index (χ0) is 25.9. The highest BCUT2D eigenvalue weighted by atomic mass is 16.5. The van der Waals surface area contributed by atoms with E-state index >= 15 is 0 Å². The first-order chi connectivity index (χ1) is 17.0. The lowest BCUT2D eigenvalue weighted by atomic mass is 9.68. The highest BCUT2D eigenvalue weighted by Gasteiger charge is 2.37. The van der Waals surface area contributed by atoms with Crippen molar-refractivity contribution in [1.29, 1.82) is 0 Å². The first-order valence-corrected chi connectivity index (χ1v) is 13.9. The third-order valence-electron chi connectivity index (χ3n) is 9.00. The molecule has 0 heterocycles. The maximum atomic E-state index is 12.7. The first kappa shape index (κ1) is 26.7. The Labute approximate surface area is 217 Å². The molecule has 2 aromatic carbocycles. The number of aliphatic hydroxyl groups is 1. The second kappa shape index (κ2) is 11.0. The van der Waals surface area contributed by atoms with Crippen LogP contribution in [0.25, 0.3) is 0 Å². The molecule has 0 bridgehead atoms. The largest absolute Gasteiger partial charge is 0.485 e. The molecule has 4 nitrogen and oxygen atoms in total. The number of esters is 1. The molecule has 196 valence electrons. The lowest BCUT2D eigenvalue weighted by Crippen LogP contribution is -2.49. The minimum absolute atomic E-state index is 0.390. The molecule has 0 unspecified atom stereocenters. The Bertz CT molecular complexity index is 984. The van der Waals surface area contributed by atoms with Gasteiger partial charge in [0.05, 0.1) is 11.2 Å². The fourth-order valence-corrected chi connectivity index (χ4v) is 5.73. The minimum atomic E-state index is -1.01. The topological polar surface area (TPSA) is 55.8 Å². The molecule has 0 amide bonds. The highest BCUT2D eigenvalue weighted by molar-refractivity contribution is 5.91. The van der Waals surface area contributed by atoms with E-state index < -0.39 is 17.2 Å². The molecule has 0 aliphatic heterocycles. The van der Waals surface area contributed by atoms with Crippen LogP contribution in [0.3, 0.4) is 0 Å². The van der Waals surface area contributed by atoms with Crippen LogP contribution in [0.1, 0.15) is 108 Å². The average molecular weight is 493 g/mol. The molecule has 2 saturated carbocycles. The molecule has 1 N–H and O–H groups in total. The van der Waals surface area contributed by atoms with Gasteiger partial charge < -0.3 is 14.6 Å². The van der Waals surface area contributed by atoms with E-state index in [2.05, 4.69) is 19.1 Å². The lowest BCUT2D eigenvalue weighted by molar-refractivity contribution is -0.0906. The number of carbonyl (C=O) groups excluding carboxylic acids is 1. The van der Waals surface area contributed by atoms with Crippen LogP contribution in [0.15, 0.2) is 48.5 Å². The summed E-state index contributed by atoms with van der Waals surface area (Å²) in [6.45, 7) is 9.50. The van der Waals surface area contributed by atoms with Crippen molar-refractivity contribution < 1.29 is 19.4 Å². The van der Waals surface area contributed by atoms with Crippen molar-refractivity contribution in [3.8, 4) is 11.5 Å². The summed E-state index contributed by atoms with van der Waals surface area (Å²) in [5.41, 5.74) is 0.0406. The molecule has 0 spiro atoms. The van der Waals surface area contributed by atoms with Crippen molar-refractivity contribution in [2.75, 3.05) is 0 Å². The number of hydrogen-bond acceptors (Lipinski definition) is 4. The Morgan fingerprint density at radius 3 is 1.78 bits per heavy atom. The van der Waals surface area contributed by atoms with Gasteiger partial charge in [-0.2, -0.15) is 0 Å². The molecular formula is C32H44O4. The van der Waals surface area contributed by atoms with Crippen LogP contribution < -0.4 is 9.47 Å². The second-order valence-electron chi connectivity index (χ2n) is 12.3. The van der Waals surface area contributed by atoms with Crippen LogP contribution >= 0.6 is 0 Å². The molecule has 2 aliphatic rings. The van der Waals surface area contributed by atoms with Gasteiger partial charge in [-0.15, -0.1) is 0 Å². The van der Waals surface area contributed by atoms with Gasteiger partial charge in [-0.25, -0.2) is 4.79 Å². The Morgan fingerprint density at radius 2 is 1.25 bits per heavy atom. The summed E-state index contributed by atoms with van der Waals surface area (Å²) in [5.74, 6) is 4.20. The molecule has 2 fully saturated rings. The molecule has 4 heteroatoms. The van der Waals surface area contributed by atoms with Crippen molar-refractivity contribution >= 4 is 5.97 Å². The fraction of sp³-hybridized carbons (Fsp3) is 0.594. The van der Waals surface area contributed by atoms with Crippen LogP contribution in [-0.4, -0.2) is 22.3 Å². The zero-order valence-corrected chi connectivity index (χ0v) is 22.8. The molecule has 0 saturated heterocycles. The van der Waals surface area contributed by atoms with Gasteiger partial charge in [0, 0.05) is 0 Å². The SMILES string of the molecule is CC1CCC(C2CCC(c3ccc(OC(=O)c4ccc(OC(C)(C)C(C)(C)O)cc4)cc3)CC2)CC1. The summed E-state index contributed by atoms with van der Waals surface area (Å²) >= 11 is 0. The standard InChI is InChI=1S/C32H44O4/c1-22-6-8-23(9-7-22)24-10-12-25(13-11-24)26-14-18-28(19-15-26)35-30(33)27-16-20-29(21-17-27)36-32(4,5)31(2,3)34/h14-25,34H,6-13H2,1-5H3. The van der Waals surface area contributed by atoms with Crippen molar-refractivity contribution in [2.45, 2.75) is 103 Å². The van der Waals surface area contributed by atoms with Crippen LogP contribution in [0.4, 0.5) is 0 Å². The van der Waals surface area contributed by atoms with E-state index in [-0.39, 0.29) is 0 Å². The van der Waals surface area contributed by atoms with E-state index in [4.69, 9.17) is 9.47 Å². The van der Waals surface area contributed by atoms with E-state index in [0.717, 1.165) is 17.8 Å². The molecule has 0 aromatic heterocycles. The van der Waals surface area contributed by atoms with Crippen molar-refractivity contribution in [3.63, 3.8) is 0 Å². The summed E-state index contributed by atoms with van der Waals surface area (Å²) in [6.07, 6.45) is 11.0. The highest BCUT2D eigenvalue weighted by Crippen LogP contribution is 2.44. The summed E-state index contributed by atoms with van der Waals surface area (Å²) in [7, 11) is 0. The molecular weight excluding hydrogens is 448 g/mol. The number of ether oxygens (including phenoxy) is 2. The maximum Gasteiger partial charge on any atom is 0.343 e. The van der Waals surface area contributed by atoms with Crippen LogP contribution in [0.2, 0.25) is 0 Å². The van der Waals surface area contributed by atoms with Gasteiger partial charge in [0.25, 0.3) is 0 Å². The normalized spacial score (nSPS) is 25.3. The Morgan fingerprint density at radius 1 is 0.750 bits per heavy atom. The summed E-state index contributed by atoms with van der Waals surface area (Å²) < 4.78 is 11.6. The van der Waals surface area contributed by atoms with Gasteiger partial charge in [0.2, 0.25) is 0 Å². The van der Waals surface area contributed by atoms with Crippen LogP contribution in [-0.2, 0) is 0 Å². The van der Waals surface area contributed by atoms with E-state index in [1.165, 1.54) is 56.9 Å². The quantitative estimate of drug-likeness (QED) is 0.315. The minimum Gasteiger partial charge on any atom is -0.485 e. The maximum absolute atomic E-state index is 12.7. The molecule has 36 heavy (non-hydrogen) atoms. The molecule has 2 aromatic rings. The monoisotopic (exact) mass is 492 g/mol. The average Bonchev–Trinajstić information content (AvgIpc) is 2.85. The van der Waals surface area contributed by atoms with E-state index in [1.807, 2.05) is 26.0 Å². The number of carbonyl (C=O) groups is 1. The van der Waals surface area contributed by atoms with E-state index in [9.17, 15) is 9.90 Å². The van der Waals surface area contributed by atoms with E-state index in [0.29, 0.717) is 23.0 Å². The predicted octanol–water partition coefficient (Wildman–Crippen LogP) is 7.93. The number of benzene rings is 2. The van der Waals surface area contributed by atoms with Crippen LogP contribution in [0.5, 0.6) is 11.5 Å². The smallest absolute Gasteiger partial charge is 0.343 e. The molecule has 4 rings (SSSR count). The Balaban J connectivity index is 1.28. The molecule has 0 radical (unpaired) electrons. The van der Waals surface area contributed by atoms with Crippen molar-refractivity contribution in [2.24, 2.45) is 17.8 Å². The fourth-order valence-electron chi connectivity index (χ4n) is 5.73. The first-order valence-electron chi connectivity index (χ1n) is 13.9. The third-order valence-corrected chi connectivity index (χ3v) is 9.00. The zero-order valence-electron chi connectivity index (χ0n) is 22.8. The summed E-state index contributed by atoms with van der Waals surface area (Å²) in [6, 6.07) is 15.0. The van der Waals surface area contributed by atoms with Crippen LogP contribution in [0, 0.1) is 17.8 Å². The van der Waals surface area contributed by atoms with Gasteiger partial charge in [-0.3, -0.25) is 0 Å².